The predicted molar refractivity (Wildman–Crippen MR) is 207 cm³/mol. The number of hydrogen-bond donors (Lipinski definition) is 2. The molecule has 6 rings (SSSR count). The van der Waals surface area contributed by atoms with Crippen LogP contribution in [-0.2, 0) is 28.7 Å². The number of fused-ring (bicyclic) bond motifs is 2. The van der Waals surface area contributed by atoms with E-state index in [0.717, 1.165) is 10.8 Å². The van der Waals surface area contributed by atoms with Crippen molar-refractivity contribution in [3.8, 4) is 0 Å². The van der Waals surface area contributed by atoms with E-state index in [1.54, 1.807) is 28.9 Å². The van der Waals surface area contributed by atoms with E-state index in [1.165, 1.54) is 0 Å². The minimum atomic E-state index is -1.29. The fourth-order valence-electron chi connectivity index (χ4n) is 8.37. The maximum Gasteiger partial charge on any atom is 0.313 e. The summed E-state index contributed by atoms with van der Waals surface area (Å²) in [7, 11) is 0. The first kappa shape index (κ1) is 38.4. The van der Waals surface area contributed by atoms with Crippen molar-refractivity contribution in [2.45, 2.75) is 80.2 Å². The highest BCUT2D eigenvalue weighted by Crippen LogP contribution is 2.60. The third kappa shape index (κ3) is 7.57. The van der Waals surface area contributed by atoms with Gasteiger partial charge in [0.1, 0.15) is 17.7 Å². The van der Waals surface area contributed by atoms with Crippen molar-refractivity contribution in [2.75, 3.05) is 24.6 Å². The van der Waals surface area contributed by atoms with Crippen LogP contribution in [0.1, 0.15) is 57.1 Å². The fourth-order valence-corrected chi connectivity index (χ4v) is 9.32. The Bertz CT molecular complexity index is 1840. The lowest BCUT2D eigenvalue weighted by molar-refractivity contribution is -0.162. The van der Waals surface area contributed by atoms with Gasteiger partial charge in [0.2, 0.25) is 11.8 Å². The second-order valence-electron chi connectivity index (χ2n) is 14.2. The Morgan fingerprint density at radius 2 is 1.79 bits per heavy atom. The van der Waals surface area contributed by atoms with Crippen molar-refractivity contribution in [3.05, 3.63) is 104 Å². The number of nitrogens with one attached hydrogen (secondary N) is 1. The number of amides is 3. The number of rotatable bonds is 17. The number of carbonyl (C=O) groups excluding carboxylic acids is 4. The van der Waals surface area contributed by atoms with Crippen LogP contribution in [0.4, 0.5) is 5.69 Å². The number of carbonyl (C=O) groups is 4. The Morgan fingerprint density at radius 3 is 2.51 bits per heavy atom. The molecule has 10 nitrogen and oxygen atoms in total. The fraction of sp³-hybridized carbons (Fsp3) is 0.429. The largest absolute Gasteiger partial charge is 0.455 e. The number of ether oxygens (including phenoxy) is 2. The summed E-state index contributed by atoms with van der Waals surface area (Å²) >= 11 is 3.77. The third-order valence-electron chi connectivity index (χ3n) is 10.8. The molecule has 3 aromatic carbocycles. The van der Waals surface area contributed by atoms with Gasteiger partial charge in [0, 0.05) is 36.6 Å². The molecule has 0 radical (unpaired) electrons. The molecule has 2 N–H and O–H groups in total. The first-order valence-electron chi connectivity index (χ1n) is 18.4. The van der Waals surface area contributed by atoms with Crippen molar-refractivity contribution in [1.29, 1.82) is 0 Å². The molecule has 3 aliphatic heterocycles. The van der Waals surface area contributed by atoms with Gasteiger partial charge in [0.15, 0.2) is 0 Å². The average molecular weight is 787 g/mol. The molecule has 1 spiro atoms. The van der Waals surface area contributed by atoms with Gasteiger partial charge >= 0.3 is 5.97 Å². The SMILES string of the molecule is C=CCCC(=O)N[C@H](C)[C@@H](OC(=O)[C@@H]1[C@H]2O[C@@]3(CC2Br)[C@H](C(=O)N(CC=C)c2ccc4ccccc4c2)N(CCCCCO)C(=O)[C@@H]13)c1ccccc1. The van der Waals surface area contributed by atoms with Crippen LogP contribution in [0.2, 0.25) is 0 Å². The summed E-state index contributed by atoms with van der Waals surface area (Å²) in [6, 6.07) is 21.3. The van der Waals surface area contributed by atoms with Gasteiger partial charge in [-0.15, -0.1) is 13.2 Å². The van der Waals surface area contributed by atoms with E-state index < -0.39 is 47.7 Å². The zero-order chi connectivity index (χ0) is 37.7. The molecule has 3 heterocycles. The van der Waals surface area contributed by atoms with Gasteiger partial charge in [0.05, 0.1) is 24.0 Å². The van der Waals surface area contributed by atoms with E-state index in [4.69, 9.17) is 9.47 Å². The van der Waals surface area contributed by atoms with E-state index in [1.807, 2.05) is 72.8 Å². The van der Waals surface area contributed by atoms with Crippen LogP contribution in [0, 0.1) is 11.8 Å². The number of alkyl halides is 1. The second-order valence-corrected chi connectivity index (χ2v) is 15.4. The molecule has 0 aliphatic carbocycles. The maximum absolute atomic E-state index is 15.0. The topological polar surface area (TPSA) is 125 Å². The van der Waals surface area contributed by atoms with Crippen LogP contribution in [0.5, 0.6) is 0 Å². The van der Waals surface area contributed by atoms with Crippen molar-refractivity contribution < 1.29 is 33.8 Å². The molecule has 3 fully saturated rings. The van der Waals surface area contributed by atoms with E-state index in [2.05, 4.69) is 34.4 Å². The molecule has 3 aliphatic rings. The molecule has 3 aromatic rings. The summed E-state index contributed by atoms with van der Waals surface area (Å²) in [5, 5.41) is 14.4. The lowest BCUT2D eigenvalue weighted by atomic mass is 9.70. The molecular weight excluding hydrogens is 738 g/mol. The van der Waals surface area contributed by atoms with Crippen LogP contribution >= 0.6 is 15.9 Å². The van der Waals surface area contributed by atoms with Crippen LogP contribution in [0.25, 0.3) is 10.8 Å². The van der Waals surface area contributed by atoms with Gasteiger partial charge in [-0.05, 0) is 67.5 Å². The molecule has 0 saturated carbocycles. The lowest BCUT2D eigenvalue weighted by Gasteiger charge is -2.37. The number of benzene rings is 3. The molecule has 2 bridgehead atoms. The molecule has 3 saturated heterocycles. The summed E-state index contributed by atoms with van der Waals surface area (Å²) in [6.45, 7) is 9.89. The summed E-state index contributed by atoms with van der Waals surface area (Å²) in [4.78, 5) is 59.9. The molecular formula is C42H48BrN3O7. The third-order valence-corrected chi connectivity index (χ3v) is 11.6. The van der Waals surface area contributed by atoms with E-state index in [0.29, 0.717) is 43.4 Å². The number of halogens is 1. The molecule has 280 valence electrons. The van der Waals surface area contributed by atoms with Crippen LogP contribution in [0.3, 0.4) is 0 Å². The number of aliphatic hydroxyl groups excluding tert-OH is 1. The number of unbranched alkanes of at least 4 members (excludes halogenated alkanes) is 2. The number of esters is 1. The highest BCUT2D eigenvalue weighted by atomic mass is 79.9. The number of anilines is 1. The van der Waals surface area contributed by atoms with Crippen molar-refractivity contribution >= 4 is 56.1 Å². The summed E-state index contributed by atoms with van der Waals surface area (Å²) in [6.07, 6.45) is 4.65. The molecule has 3 amide bonds. The van der Waals surface area contributed by atoms with Gasteiger partial charge in [-0.3, -0.25) is 19.2 Å². The minimum Gasteiger partial charge on any atom is -0.455 e. The monoisotopic (exact) mass is 785 g/mol. The van der Waals surface area contributed by atoms with Crippen LogP contribution < -0.4 is 10.2 Å². The van der Waals surface area contributed by atoms with Crippen LogP contribution in [-0.4, -0.2) is 82.0 Å². The van der Waals surface area contributed by atoms with Gasteiger partial charge in [-0.1, -0.05) is 88.7 Å². The quantitative estimate of drug-likeness (QED) is 0.0742. The molecule has 53 heavy (non-hydrogen) atoms. The van der Waals surface area contributed by atoms with E-state index in [9.17, 15) is 19.5 Å². The molecule has 1 unspecified atom stereocenters. The van der Waals surface area contributed by atoms with Gasteiger partial charge in [-0.25, -0.2) is 0 Å². The minimum absolute atomic E-state index is 0.0254. The van der Waals surface area contributed by atoms with Gasteiger partial charge in [-0.2, -0.15) is 0 Å². The Balaban J connectivity index is 1.35. The normalized spacial score (nSPS) is 25.5. The highest BCUT2D eigenvalue weighted by Gasteiger charge is 2.77. The number of nitrogens with zero attached hydrogens (tertiary/aromatic N) is 2. The first-order valence-corrected chi connectivity index (χ1v) is 19.4. The lowest BCUT2D eigenvalue weighted by Crippen LogP contribution is -2.57. The van der Waals surface area contributed by atoms with Crippen LogP contribution in [0.15, 0.2) is 98.1 Å². The van der Waals surface area contributed by atoms with E-state index in [-0.39, 0.29) is 48.7 Å². The summed E-state index contributed by atoms with van der Waals surface area (Å²) in [5.74, 6) is -3.41. The average Bonchev–Trinajstić information content (AvgIpc) is 3.76. The van der Waals surface area contributed by atoms with Crippen molar-refractivity contribution in [3.63, 3.8) is 0 Å². The van der Waals surface area contributed by atoms with Crippen molar-refractivity contribution in [1.82, 2.24) is 10.2 Å². The highest BCUT2D eigenvalue weighted by molar-refractivity contribution is 9.09. The molecule has 11 heteroatoms. The number of hydrogen-bond acceptors (Lipinski definition) is 7. The van der Waals surface area contributed by atoms with Gasteiger partial charge in [0.25, 0.3) is 5.91 Å². The zero-order valence-corrected chi connectivity index (χ0v) is 31.7. The number of allylic oxidation sites excluding steroid dienone is 1. The number of likely N-dealkylation sites (tertiary alicyclic amines) is 1. The molecule has 8 atom stereocenters. The standard InChI is InChI=1S/C42H48BrN3O7/c1-4-6-19-33(48)44-27(3)36(29-16-9-7-10-17-29)52-41(51)34-35-39(49)46(23-13-8-14-24-47)38(42(35)26-32(43)37(34)53-42)40(50)45(22-5-2)31-21-20-28-15-11-12-18-30(28)25-31/h4-5,7,9-12,15-18,20-21,25,27,32,34-38,47H,1-2,6,8,13-14,19,22-24,26H2,3H3,(H,44,48)/t27-,32?,34+,35-,36-,37+,38+,42-/m1/s1. The predicted octanol–water partition coefficient (Wildman–Crippen LogP) is 6.02. The Hall–Kier alpha value is -4.32. The van der Waals surface area contributed by atoms with E-state index >= 15 is 4.79 Å². The number of aliphatic hydroxyl groups is 1. The Kier molecular flexibility index (Phi) is 12.2. The second kappa shape index (κ2) is 16.8. The Labute approximate surface area is 319 Å². The Morgan fingerprint density at radius 1 is 1.06 bits per heavy atom. The first-order chi connectivity index (χ1) is 25.6. The summed E-state index contributed by atoms with van der Waals surface area (Å²) in [5.41, 5.74) is 0.0598. The van der Waals surface area contributed by atoms with Crippen molar-refractivity contribution in [2.24, 2.45) is 11.8 Å². The molecule has 0 aromatic heterocycles. The summed E-state index contributed by atoms with van der Waals surface area (Å²) < 4.78 is 13.1. The zero-order valence-electron chi connectivity index (χ0n) is 30.1. The smallest absolute Gasteiger partial charge is 0.313 e. The van der Waals surface area contributed by atoms with Gasteiger partial charge < -0.3 is 29.7 Å². The maximum atomic E-state index is 15.0.